The first-order valence-electron chi connectivity index (χ1n) is 6.37. The zero-order chi connectivity index (χ0) is 14.4. The lowest BCUT2D eigenvalue weighted by atomic mass is 9.98. The summed E-state index contributed by atoms with van der Waals surface area (Å²) in [5, 5.41) is 0. The summed E-state index contributed by atoms with van der Waals surface area (Å²) in [6.45, 7) is 2.05. The van der Waals surface area contributed by atoms with E-state index in [2.05, 4.69) is 17.9 Å². The molecule has 0 fully saturated rings. The number of benzene rings is 1. The highest BCUT2D eigenvalue weighted by atomic mass is 16.5. The lowest BCUT2D eigenvalue weighted by molar-refractivity contribution is -0.141. The van der Waals surface area contributed by atoms with E-state index in [-0.39, 0.29) is 12.0 Å². The molecule has 1 aromatic rings. The first-order valence-corrected chi connectivity index (χ1v) is 6.37. The van der Waals surface area contributed by atoms with E-state index in [4.69, 9.17) is 9.47 Å². The molecule has 4 heteroatoms. The van der Waals surface area contributed by atoms with Crippen LogP contribution >= 0.6 is 0 Å². The third-order valence-electron chi connectivity index (χ3n) is 3.22. The molecule has 19 heavy (non-hydrogen) atoms. The van der Waals surface area contributed by atoms with Gasteiger partial charge in [0.05, 0.1) is 14.2 Å². The van der Waals surface area contributed by atoms with Gasteiger partial charge < -0.3 is 14.4 Å². The van der Waals surface area contributed by atoms with Gasteiger partial charge in [-0.15, -0.1) is 0 Å². The van der Waals surface area contributed by atoms with Crippen LogP contribution in [0.3, 0.4) is 0 Å². The van der Waals surface area contributed by atoms with Gasteiger partial charge in [0.15, 0.2) is 0 Å². The number of aryl methyl sites for hydroxylation is 1. The van der Waals surface area contributed by atoms with Crippen molar-refractivity contribution in [3.05, 3.63) is 29.3 Å². The first kappa shape index (κ1) is 15.5. The van der Waals surface area contributed by atoms with E-state index in [9.17, 15) is 4.79 Å². The fourth-order valence-corrected chi connectivity index (χ4v) is 2.16. The van der Waals surface area contributed by atoms with E-state index in [1.54, 1.807) is 7.11 Å². The fraction of sp³-hybridized carbons (Fsp3) is 0.533. The zero-order valence-corrected chi connectivity index (χ0v) is 12.4. The van der Waals surface area contributed by atoms with Crippen LogP contribution in [0.15, 0.2) is 18.2 Å². The van der Waals surface area contributed by atoms with Crippen molar-refractivity contribution in [2.75, 3.05) is 28.3 Å². The Morgan fingerprint density at radius 1 is 1.32 bits per heavy atom. The Hall–Kier alpha value is -1.55. The first-order chi connectivity index (χ1) is 8.99. The van der Waals surface area contributed by atoms with E-state index < -0.39 is 0 Å². The second-order valence-corrected chi connectivity index (χ2v) is 4.84. The number of esters is 1. The molecule has 0 aliphatic heterocycles. The molecule has 0 saturated heterocycles. The Kier molecular flexibility index (Phi) is 5.83. The van der Waals surface area contributed by atoms with E-state index >= 15 is 0 Å². The predicted octanol–water partition coefficient (Wildman–Crippen LogP) is 2.56. The van der Waals surface area contributed by atoms with Gasteiger partial charge in [0.2, 0.25) is 0 Å². The number of hydrogen-bond acceptors (Lipinski definition) is 4. The third kappa shape index (κ3) is 4.24. The Labute approximate surface area is 115 Å². The topological polar surface area (TPSA) is 38.8 Å². The molecular weight excluding hydrogens is 242 g/mol. The van der Waals surface area contributed by atoms with Crippen molar-refractivity contribution in [3.63, 3.8) is 0 Å². The number of ether oxygens (including phenoxy) is 2. The largest absolute Gasteiger partial charge is 0.496 e. The number of rotatable bonds is 6. The van der Waals surface area contributed by atoms with E-state index in [1.165, 1.54) is 12.7 Å². The molecule has 0 bridgehead atoms. The Morgan fingerprint density at radius 3 is 2.53 bits per heavy atom. The maximum absolute atomic E-state index is 11.3. The maximum Gasteiger partial charge on any atom is 0.305 e. The summed E-state index contributed by atoms with van der Waals surface area (Å²) in [5.74, 6) is 0.674. The zero-order valence-electron chi connectivity index (χ0n) is 12.4. The van der Waals surface area contributed by atoms with Crippen LogP contribution in [0.2, 0.25) is 0 Å². The number of carbonyl (C=O) groups excluding carboxylic acids is 1. The minimum Gasteiger partial charge on any atom is -0.496 e. The van der Waals surface area contributed by atoms with Crippen molar-refractivity contribution in [2.24, 2.45) is 0 Å². The molecule has 4 nitrogen and oxygen atoms in total. The van der Waals surface area contributed by atoms with Crippen LogP contribution < -0.4 is 4.74 Å². The average molecular weight is 265 g/mol. The summed E-state index contributed by atoms with van der Waals surface area (Å²) in [4.78, 5) is 13.4. The molecule has 0 N–H and O–H groups in total. The van der Waals surface area contributed by atoms with Crippen molar-refractivity contribution in [2.45, 2.75) is 25.8 Å². The molecule has 0 amide bonds. The highest BCUT2D eigenvalue weighted by Crippen LogP contribution is 2.32. The summed E-state index contributed by atoms with van der Waals surface area (Å²) in [6.07, 6.45) is 1.11. The van der Waals surface area contributed by atoms with Crippen LogP contribution in [0.4, 0.5) is 0 Å². The summed E-state index contributed by atoms with van der Waals surface area (Å²) < 4.78 is 10.1. The van der Waals surface area contributed by atoms with Crippen molar-refractivity contribution >= 4 is 5.97 Å². The van der Waals surface area contributed by atoms with Crippen LogP contribution in [0, 0.1) is 6.92 Å². The average Bonchev–Trinajstić information content (AvgIpc) is 2.38. The molecule has 0 heterocycles. The van der Waals surface area contributed by atoms with Crippen molar-refractivity contribution in [1.29, 1.82) is 0 Å². The highest BCUT2D eigenvalue weighted by Gasteiger charge is 2.20. The monoisotopic (exact) mass is 265 g/mol. The third-order valence-corrected chi connectivity index (χ3v) is 3.22. The van der Waals surface area contributed by atoms with Crippen molar-refractivity contribution in [3.8, 4) is 5.75 Å². The van der Waals surface area contributed by atoms with Crippen LogP contribution in [0.25, 0.3) is 0 Å². The lowest BCUT2D eigenvalue weighted by Gasteiger charge is -2.26. The van der Waals surface area contributed by atoms with Gasteiger partial charge in [0, 0.05) is 18.0 Å². The summed E-state index contributed by atoms with van der Waals surface area (Å²) in [5.41, 5.74) is 2.29. The number of hydrogen-bond donors (Lipinski definition) is 0. The molecule has 1 atom stereocenters. The molecule has 0 spiro atoms. The Bertz CT molecular complexity index is 429. The predicted molar refractivity (Wildman–Crippen MR) is 75.4 cm³/mol. The van der Waals surface area contributed by atoms with Gasteiger partial charge in [-0.1, -0.05) is 17.7 Å². The van der Waals surface area contributed by atoms with Gasteiger partial charge >= 0.3 is 5.97 Å². The van der Waals surface area contributed by atoms with Crippen LogP contribution in [-0.4, -0.2) is 39.2 Å². The van der Waals surface area contributed by atoms with Crippen LogP contribution in [0.5, 0.6) is 5.75 Å². The number of methoxy groups -OCH3 is 2. The minimum absolute atomic E-state index is 0.133. The van der Waals surface area contributed by atoms with E-state index in [1.807, 2.05) is 26.2 Å². The van der Waals surface area contributed by atoms with E-state index in [0.29, 0.717) is 12.8 Å². The normalized spacial score (nSPS) is 12.3. The highest BCUT2D eigenvalue weighted by molar-refractivity contribution is 5.69. The molecule has 1 unspecified atom stereocenters. The minimum atomic E-state index is -0.182. The smallest absolute Gasteiger partial charge is 0.305 e. The van der Waals surface area contributed by atoms with Crippen molar-refractivity contribution < 1.29 is 14.3 Å². The van der Waals surface area contributed by atoms with Gasteiger partial charge in [-0.05, 0) is 33.5 Å². The molecule has 0 aliphatic rings. The number of carbonyl (C=O) groups is 1. The standard InChI is InChI=1S/C15H23NO3/c1-11-6-8-14(18-4)12(10-11)13(16(2)3)7-9-15(17)19-5/h6,8,10,13H,7,9H2,1-5H3. The van der Waals surface area contributed by atoms with Gasteiger partial charge in [0.1, 0.15) is 5.75 Å². The molecular formula is C15H23NO3. The summed E-state index contributed by atoms with van der Waals surface area (Å²) in [7, 11) is 7.09. The van der Waals surface area contributed by atoms with Crippen LogP contribution in [0.1, 0.15) is 30.0 Å². The Balaban J connectivity index is 2.98. The van der Waals surface area contributed by atoms with Gasteiger partial charge in [-0.3, -0.25) is 4.79 Å². The summed E-state index contributed by atoms with van der Waals surface area (Å²) >= 11 is 0. The Morgan fingerprint density at radius 2 is 2.00 bits per heavy atom. The SMILES string of the molecule is COC(=O)CCC(c1cc(C)ccc1OC)N(C)C. The molecule has 106 valence electrons. The van der Waals surface area contributed by atoms with Gasteiger partial charge in [0.25, 0.3) is 0 Å². The van der Waals surface area contributed by atoms with Crippen molar-refractivity contribution in [1.82, 2.24) is 4.90 Å². The quantitative estimate of drug-likeness (QED) is 0.741. The molecule has 0 aliphatic carbocycles. The fourth-order valence-electron chi connectivity index (χ4n) is 2.16. The van der Waals surface area contributed by atoms with Crippen LogP contribution in [-0.2, 0) is 9.53 Å². The molecule has 0 saturated carbocycles. The van der Waals surface area contributed by atoms with E-state index in [0.717, 1.165) is 11.3 Å². The molecule has 1 aromatic carbocycles. The molecule has 0 radical (unpaired) electrons. The second kappa shape index (κ2) is 7.14. The van der Waals surface area contributed by atoms with Gasteiger partial charge in [-0.25, -0.2) is 0 Å². The number of nitrogens with zero attached hydrogens (tertiary/aromatic N) is 1. The lowest BCUT2D eigenvalue weighted by Crippen LogP contribution is -2.22. The second-order valence-electron chi connectivity index (χ2n) is 4.84. The maximum atomic E-state index is 11.3. The molecule has 1 rings (SSSR count). The van der Waals surface area contributed by atoms with Gasteiger partial charge in [-0.2, -0.15) is 0 Å². The molecule has 0 aromatic heterocycles. The summed E-state index contributed by atoms with van der Waals surface area (Å²) in [6, 6.07) is 6.24.